The van der Waals surface area contributed by atoms with Crippen molar-refractivity contribution in [2.24, 2.45) is 0 Å². The number of benzene rings is 2. The summed E-state index contributed by atoms with van der Waals surface area (Å²) < 4.78 is 5.97. The molecule has 2 nitrogen and oxygen atoms in total. The molecule has 0 aliphatic rings. The minimum Gasteiger partial charge on any atom is -0.369 e. The van der Waals surface area contributed by atoms with Crippen molar-refractivity contribution < 1.29 is 4.74 Å². The molecule has 0 heterocycles. The lowest BCUT2D eigenvalue weighted by Gasteiger charge is -2.15. The Bertz CT molecular complexity index is 496. The second-order valence-electron chi connectivity index (χ2n) is 4.66. The van der Waals surface area contributed by atoms with Crippen molar-refractivity contribution in [2.45, 2.75) is 26.2 Å². The van der Waals surface area contributed by atoms with Crippen LogP contribution in [0, 0.1) is 0 Å². The number of hydrogen-bond donors (Lipinski definition) is 1. The van der Waals surface area contributed by atoms with Crippen molar-refractivity contribution >= 4 is 0 Å². The van der Waals surface area contributed by atoms with E-state index in [1.807, 2.05) is 25.2 Å². The lowest BCUT2D eigenvalue weighted by atomic mass is 10.1. The summed E-state index contributed by atoms with van der Waals surface area (Å²) in [5, 5.41) is 3.19. The van der Waals surface area contributed by atoms with Gasteiger partial charge in [-0.1, -0.05) is 54.6 Å². The Balaban J connectivity index is 1.99. The molecule has 1 unspecified atom stereocenters. The van der Waals surface area contributed by atoms with E-state index in [0.717, 1.165) is 6.54 Å². The number of ether oxygens (including phenoxy) is 1. The third-order valence-corrected chi connectivity index (χ3v) is 3.24. The number of rotatable bonds is 6. The fourth-order valence-electron chi connectivity index (χ4n) is 2.10. The summed E-state index contributed by atoms with van der Waals surface area (Å²) in [6.45, 7) is 3.61. The second kappa shape index (κ2) is 7.07. The lowest BCUT2D eigenvalue weighted by molar-refractivity contribution is 0.0521. The molecule has 0 aliphatic heterocycles. The van der Waals surface area contributed by atoms with Crippen LogP contribution >= 0.6 is 0 Å². The maximum absolute atomic E-state index is 5.97. The van der Waals surface area contributed by atoms with Crippen LogP contribution in [-0.2, 0) is 17.9 Å². The summed E-state index contributed by atoms with van der Waals surface area (Å²) in [6.07, 6.45) is 0.115. The molecule has 19 heavy (non-hydrogen) atoms. The smallest absolute Gasteiger partial charge is 0.0801 e. The predicted octanol–water partition coefficient (Wildman–Crippen LogP) is 3.68. The van der Waals surface area contributed by atoms with Gasteiger partial charge in [-0.3, -0.25) is 0 Å². The average Bonchev–Trinajstić information content (AvgIpc) is 2.47. The summed E-state index contributed by atoms with van der Waals surface area (Å²) in [5.74, 6) is 0. The van der Waals surface area contributed by atoms with Crippen molar-refractivity contribution in [3.8, 4) is 0 Å². The quantitative estimate of drug-likeness (QED) is 0.850. The minimum absolute atomic E-state index is 0.115. The first kappa shape index (κ1) is 13.8. The van der Waals surface area contributed by atoms with E-state index in [1.54, 1.807) is 0 Å². The van der Waals surface area contributed by atoms with Crippen LogP contribution in [0.15, 0.2) is 54.6 Å². The molecule has 1 atom stereocenters. The molecule has 0 bridgehead atoms. The summed E-state index contributed by atoms with van der Waals surface area (Å²) in [6, 6.07) is 18.7. The zero-order chi connectivity index (χ0) is 13.5. The van der Waals surface area contributed by atoms with Gasteiger partial charge in [0, 0.05) is 6.54 Å². The van der Waals surface area contributed by atoms with E-state index in [1.165, 1.54) is 16.7 Å². The van der Waals surface area contributed by atoms with Crippen LogP contribution in [0.5, 0.6) is 0 Å². The summed E-state index contributed by atoms with van der Waals surface area (Å²) >= 11 is 0. The Morgan fingerprint density at radius 1 is 0.947 bits per heavy atom. The molecule has 2 aromatic rings. The van der Waals surface area contributed by atoms with E-state index < -0.39 is 0 Å². The van der Waals surface area contributed by atoms with Gasteiger partial charge in [0.2, 0.25) is 0 Å². The topological polar surface area (TPSA) is 21.3 Å². The highest BCUT2D eigenvalue weighted by Crippen LogP contribution is 2.19. The molecule has 0 spiro atoms. The zero-order valence-corrected chi connectivity index (χ0v) is 11.6. The standard InChI is InChI=1S/C17H21NO/c1-14(15-8-4-3-5-9-15)19-13-17-11-7-6-10-16(17)12-18-2/h3-11,14,18H,12-13H2,1-2H3. The molecule has 0 aliphatic carbocycles. The second-order valence-corrected chi connectivity index (χ2v) is 4.66. The Morgan fingerprint density at radius 3 is 2.26 bits per heavy atom. The van der Waals surface area contributed by atoms with Crippen molar-refractivity contribution in [3.63, 3.8) is 0 Å². The van der Waals surface area contributed by atoms with Crippen molar-refractivity contribution in [3.05, 3.63) is 71.3 Å². The highest BCUT2D eigenvalue weighted by atomic mass is 16.5. The molecule has 0 aromatic heterocycles. The Hall–Kier alpha value is -1.64. The predicted molar refractivity (Wildman–Crippen MR) is 78.9 cm³/mol. The van der Waals surface area contributed by atoms with Crippen LogP contribution < -0.4 is 5.32 Å². The fraction of sp³-hybridized carbons (Fsp3) is 0.294. The maximum atomic E-state index is 5.97. The van der Waals surface area contributed by atoms with Gasteiger partial charge in [-0.15, -0.1) is 0 Å². The van der Waals surface area contributed by atoms with Gasteiger partial charge < -0.3 is 10.1 Å². The van der Waals surface area contributed by atoms with Gasteiger partial charge in [-0.05, 0) is 30.7 Å². The highest BCUT2D eigenvalue weighted by Gasteiger charge is 2.07. The van der Waals surface area contributed by atoms with Crippen molar-refractivity contribution in [2.75, 3.05) is 7.05 Å². The van der Waals surface area contributed by atoms with Crippen LogP contribution in [-0.4, -0.2) is 7.05 Å². The first-order valence-corrected chi connectivity index (χ1v) is 6.69. The summed E-state index contributed by atoms with van der Waals surface area (Å²) in [7, 11) is 1.96. The van der Waals surface area contributed by atoms with E-state index in [-0.39, 0.29) is 6.10 Å². The Labute approximate surface area is 115 Å². The Kier molecular flexibility index (Phi) is 5.13. The summed E-state index contributed by atoms with van der Waals surface area (Å²) in [5.41, 5.74) is 3.76. The van der Waals surface area contributed by atoms with E-state index in [9.17, 15) is 0 Å². The third kappa shape index (κ3) is 3.91. The third-order valence-electron chi connectivity index (χ3n) is 3.24. The highest BCUT2D eigenvalue weighted by molar-refractivity contribution is 5.26. The van der Waals surface area contributed by atoms with Crippen LogP contribution in [0.4, 0.5) is 0 Å². The molecule has 0 fully saturated rings. The van der Waals surface area contributed by atoms with E-state index >= 15 is 0 Å². The molecule has 0 saturated carbocycles. The Morgan fingerprint density at radius 2 is 1.58 bits per heavy atom. The minimum atomic E-state index is 0.115. The molecule has 100 valence electrons. The van der Waals surface area contributed by atoms with E-state index in [2.05, 4.69) is 48.6 Å². The largest absolute Gasteiger partial charge is 0.369 e. The van der Waals surface area contributed by atoms with Gasteiger partial charge in [0.05, 0.1) is 12.7 Å². The molecule has 0 radical (unpaired) electrons. The van der Waals surface area contributed by atoms with E-state index in [4.69, 9.17) is 4.74 Å². The fourth-order valence-corrected chi connectivity index (χ4v) is 2.10. The van der Waals surface area contributed by atoms with Crippen molar-refractivity contribution in [1.82, 2.24) is 5.32 Å². The molecular weight excluding hydrogens is 234 g/mol. The van der Waals surface area contributed by atoms with Gasteiger partial charge in [0.15, 0.2) is 0 Å². The van der Waals surface area contributed by atoms with Crippen molar-refractivity contribution in [1.29, 1.82) is 0 Å². The van der Waals surface area contributed by atoms with Gasteiger partial charge in [-0.2, -0.15) is 0 Å². The molecule has 2 rings (SSSR count). The van der Waals surface area contributed by atoms with Crippen LogP contribution in [0.25, 0.3) is 0 Å². The number of hydrogen-bond acceptors (Lipinski definition) is 2. The molecule has 2 heteroatoms. The first-order chi connectivity index (χ1) is 9.31. The van der Waals surface area contributed by atoms with Crippen LogP contribution in [0.2, 0.25) is 0 Å². The monoisotopic (exact) mass is 255 g/mol. The van der Waals surface area contributed by atoms with Gasteiger partial charge >= 0.3 is 0 Å². The van der Waals surface area contributed by atoms with Gasteiger partial charge in [0.1, 0.15) is 0 Å². The first-order valence-electron chi connectivity index (χ1n) is 6.69. The average molecular weight is 255 g/mol. The van der Waals surface area contributed by atoms with Crippen LogP contribution in [0.3, 0.4) is 0 Å². The lowest BCUT2D eigenvalue weighted by Crippen LogP contribution is -2.09. The molecular formula is C17H21NO. The van der Waals surface area contributed by atoms with Crippen LogP contribution in [0.1, 0.15) is 29.7 Å². The molecule has 2 aromatic carbocycles. The normalized spacial score (nSPS) is 12.3. The van der Waals surface area contributed by atoms with Gasteiger partial charge in [0.25, 0.3) is 0 Å². The summed E-state index contributed by atoms with van der Waals surface area (Å²) in [4.78, 5) is 0. The van der Waals surface area contributed by atoms with E-state index in [0.29, 0.717) is 6.61 Å². The number of nitrogens with one attached hydrogen (secondary N) is 1. The maximum Gasteiger partial charge on any atom is 0.0801 e. The zero-order valence-electron chi connectivity index (χ0n) is 11.6. The molecule has 0 amide bonds. The molecule has 1 N–H and O–H groups in total. The molecule has 0 saturated heterocycles. The van der Waals surface area contributed by atoms with Gasteiger partial charge in [-0.25, -0.2) is 0 Å². The SMILES string of the molecule is CNCc1ccccc1COC(C)c1ccccc1.